The minimum Gasteiger partial charge on any atom is -0.236 e. The highest BCUT2D eigenvalue weighted by atomic mass is 19.1. The molecule has 0 bridgehead atoms. The van der Waals surface area contributed by atoms with Crippen molar-refractivity contribution in [1.82, 2.24) is 9.97 Å². The molecule has 1 heterocycles. The van der Waals surface area contributed by atoms with E-state index in [9.17, 15) is 8.78 Å². The highest BCUT2D eigenvalue weighted by Crippen LogP contribution is 2.27. The molecule has 0 spiro atoms. The molecule has 4 rings (SSSR count). The Balaban J connectivity index is 1.57. The number of aryl methyl sites for hydroxylation is 3. The van der Waals surface area contributed by atoms with Crippen LogP contribution in [0.25, 0.3) is 22.2 Å². The number of hydrogen-bond donors (Lipinski definition) is 0. The van der Waals surface area contributed by atoms with Gasteiger partial charge in [-0.3, -0.25) is 0 Å². The zero-order chi connectivity index (χ0) is 22.7. The minimum absolute atomic E-state index is 0.248. The second-order valence-corrected chi connectivity index (χ2v) is 7.69. The molecule has 1 aromatic heterocycles. The number of hydrogen-bond acceptors (Lipinski definition) is 3. The Labute approximate surface area is 184 Å². The lowest BCUT2D eigenvalue weighted by Gasteiger charge is -2.09. The molecule has 3 nitrogen and oxygen atoms in total. The molecule has 0 aliphatic rings. The highest BCUT2D eigenvalue weighted by molar-refractivity contribution is 5.87. The van der Waals surface area contributed by atoms with Crippen LogP contribution in [-0.2, 0) is 19.3 Å². The van der Waals surface area contributed by atoms with Gasteiger partial charge in [-0.25, -0.2) is 23.1 Å². The van der Waals surface area contributed by atoms with Crippen molar-refractivity contribution in [2.45, 2.75) is 32.6 Å². The van der Waals surface area contributed by atoms with Gasteiger partial charge in [0, 0.05) is 23.3 Å². The predicted molar refractivity (Wildman–Crippen MR) is 117 cm³/mol. The molecule has 32 heavy (non-hydrogen) atoms. The van der Waals surface area contributed by atoms with E-state index in [2.05, 4.69) is 16.9 Å². The molecular weight excluding hydrogens is 411 g/mol. The minimum atomic E-state index is -0.904. The van der Waals surface area contributed by atoms with Crippen LogP contribution in [0.2, 0.25) is 0 Å². The standard InChI is InChI=1S/C26H20F3N3/c1-2-3-17-14-31-26(32-15-17)20-8-9-21-19(12-20)7-6-18(25(21)29)5-4-16-10-23(27)22(13-30)24(28)11-16/h6-12,14-15H,2-5H2,1H3. The van der Waals surface area contributed by atoms with Gasteiger partial charge in [0.1, 0.15) is 29.1 Å². The Morgan fingerprint density at radius 3 is 2.22 bits per heavy atom. The Bertz CT molecular complexity index is 1300. The largest absolute Gasteiger partial charge is 0.236 e. The zero-order valence-electron chi connectivity index (χ0n) is 17.5. The molecule has 0 saturated heterocycles. The van der Waals surface area contributed by atoms with Gasteiger partial charge in [0.05, 0.1) is 0 Å². The van der Waals surface area contributed by atoms with Crippen molar-refractivity contribution >= 4 is 10.8 Å². The molecule has 0 atom stereocenters. The first kappa shape index (κ1) is 21.5. The quantitative estimate of drug-likeness (QED) is 0.359. The fourth-order valence-electron chi connectivity index (χ4n) is 3.75. The highest BCUT2D eigenvalue weighted by Gasteiger charge is 2.13. The summed E-state index contributed by atoms with van der Waals surface area (Å²) in [6.45, 7) is 2.10. The van der Waals surface area contributed by atoms with E-state index in [1.54, 1.807) is 18.2 Å². The van der Waals surface area contributed by atoms with Crippen molar-refractivity contribution in [2.24, 2.45) is 0 Å². The molecule has 0 N–H and O–H groups in total. The van der Waals surface area contributed by atoms with Gasteiger partial charge in [0.15, 0.2) is 5.82 Å². The van der Waals surface area contributed by atoms with Crippen LogP contribution in [0.1, 0.15) is 35.6 Å². The van der Waals surface area contributed by atoms with Crippen LogP contribution < -0.4 is 0 Å². The van der Waals surface area contributed by atoms with E-state index in [0.717, 1.165) is 41.5 Å². The molecule has 0 radical (unpaired) electrons. The maximum absolute atomic E-state index is 15.1. The fraction of sp³-hybridized carbons (Fsp3) is 0.192. The van der Waals surface area contributed by atoms with Crippen molar-refractivity contribution in [3.63, 3.8) is 0 Å². The van der Waals surface area contributed by atoms with E-state index >= 15 is 4.39 Å². The van der Waals surface area contributed by atoms with E-state index in [4.69, 9.17) is 5.26 Å². The van der Waals surface area contributed by atoms with E-state index < -0.39 is 17.2 Å². The maximum atomic E-state index is 15.1. The molecule has 0 saturated carbocycles. The third-order valence-electron chi connectivity index (χ3n) is 5.43. The monoisotopic (exact) mass is 431 g/mol. The summed E-state index contributed by atoms with van der Waals surface area (Å²) in [7, 11) is 0. The van der Waals surface area contributed by atoms with Gasteiger partial charge in [0.2, 0.25) is 0 Å². The van der Waals surface area contributed by atoms with Crippen molar-refractivity contribution < 1.29 is 13.2 Å². The molecule has 3 aromatic carbocycles. The second-order valence-electron chi connectivity index (χ2n) is 7.69. The average Bonchev–Trinajstić information content (AvgIpc) is 2.79. The molecule has 4 aromatic rings. The lowest BCUT2D eigenvalue weighted by Crippen LogP contribution is -1.99. The van der Waals surface area contributed by atoms with Gasteiger partial charge in [-0.1, -0.05) is 37.6 Å². The molecular formula is C26H20F3N3. The summed E-state index contributed by atoms with van der Waals surface area (Å²) in [6, 6.07) is 12.6. The summed E-state index contributed by atoms with van der Waals surface area (Å²) >= 11 is 0. The Hall–Kier alpha value is -3.72. The van der Waals surface area contributed by atoms with Crippen molar-refractivity contribution in [3.05, 3.63) is 94.6 Å². The van der Waals surface area contributed by atoms with Crippen LogP contribution in [0.15, 0.2) is 54.9 Å². The number of fused-ring (bicyclic) bond motifs is 1. The van der Waals surface area contributed by atoms with Crippen LogP contribution in [0.5, 0.6) is 0 Å². The maximum Gasteiger partial charge on any atom is 0.159 e. The summed E-state index contributed by atoms with van der Waals surface area (Å²) in [6.07, 6.45) is 6.10. The molecule has 0 amide bonds. The first-order valence-electron chi connectivity index (χ1n) is 10.4. The van der Waals surface area contributed by atoms with Crippen molar-refractivity contribution in [1.29, 1.82) is 5.26 Å². The van der Waals surface area contributed by atoms with Crippen LogP contribution in [0, 0.1) is 28.8 Å². The first-order chi connectivity index (χ1) is 15.5. The summed E-state index contributed by atoms with van der Waals surface area (Å²) in [5.41, 5.74) is 2.10. The smallest absolute Gasteiger partial charge is 0.159 e. The molecule has 0 aliphatic heterocycles. The summed E-state index contributed by atoms with van der Waals surface area (Å²) < 4.78 is 42.7. The fourth-order valence-corrected chi connectivity index (χ4v) is 3.75. The molecule has 0 unspecified atom stereocenters. The van der Waals surface area contributed by atoms with E-state index in [1.165, 1.54) is 6.07 Å². The number of benzene rings is 3. The molecule has 0 aliphatic carbocycles. The number of halogens is 3. The van der Waals surface area contributed by atoms with Gasteiger partial charge in [-0.2, -0.15) is 5.26 Å². The summed E-state index contributed by atoms with van der Waals surface area (Å²) in [5, 5.41) is 9.96. The average molecular weight is 431 g/mol. The van der Waals surface area contributed by atoms with E-state index in [1.807, 2.05) is 24.5 Å². The van der Waals surface area contributed by atoms with Gasteiger partial charge in [0.25, 0.3) is 0 Å². The second kappa shape index (κ2) is 9.19. The van der Waals surface area contributed by atoms with Crippen LogP contribution in [0.4, 0.5) is 13.2 Å². The first-order valence-corrected chi connectivity index (χ1v) is 10.4. The van der Waals surface area contributed by atoms with E-state index in [0.29, 0.717) is 22.3 Å². The molecule has 0 fully saturated rings. The Morgan fingerprint density at radius 2 is 1.56 bits per heavy atom. The van der Waals surface area contributed by atoms with Gasteiger partial charge < -0.3 is 0 Å². The SMILES string of the molecule is CCCc1cnc(-c2ccc3c(F)c(CCc4cc(F)c(C#N)c(F)c4)ccc3c2)nc1. The lowest BCUT2D eigenvalue weighted by molar-refractivity contribution is 0.572. The third-order valence-corrected chi connectivity index (χ3v) is 5.43. The number of nitriles is 1. The van der Waals surface area contributed by atoms with E-state index in [-0.39, 0.29) is 18.7 Å². The third kappa shape index (κ3) is 4.33. The van der Waals surface area contributed by atoms with Crippen LogP contribution in [0.3, 0.4) is 0 Å². The van der Waals surface area contributed by atoms with Crippen LogP contribution >= 0.6 is 0 Å². The number of nitrogens with zero attached hydrogens (tertiary/aromatic N) is 3. The van der Waals surface area contributed by atoms with Gasteiger partial charge in [-0.15, -0.1) is 0 Å². The molecule has 6 heteroatoms. The zero-order valence-corrected chi connectivity index (χ0v) is 17.5. The summed E-state index contributed by atoms with van der Waals surface area (Å²) in [5.74, 6) is -1.58. The predicted octanol–water partition coefficient (Wildman–Crippen LogP) is 6.32. The van der Waals surface area contributed by atoms with Gasteiger partial charge in [-0.05, 0) is 59.5 Å². The number of rotatable bonds is 6. The normalized spacial score (nSPS) is 11.0. The summed E-state index contributed by atoms with van der Waals surface area (Å²) in [4.78, 5) is 8.84. The topological polar surface area (TPSA) is 49.6 Å². The lowest BCUT2D eigenvalue weighted by atomic mass is 9.98. The van der Waals surface area contributed by atoms with Crippen LogP contribution in [-0.4, -0.2) is 9.97 Å². The Morgan fingerprint density at radius 1 is 0.844 bits per heavy atom. The van der Waals surface area contributed by atoms with Gasteiger partial charge >= 0.3 is 0 Å². The molecule has 160 valence electrons. The van der Waals surface area contributed by atoms with Crippen molar-refractivity contribution in [2.75, 3.05) is 0 Å². The Kier molecular flexibility index (Phi) is 6.18. The number of aromatic nitrogens is 2. The van der Waals surface area contributed by atoms with Crippen molar-refractivity contribution in [3.8, 4) is 17.5 Å².